The predicted octanol–water partition coefficient (Wildman–Crippen LogP) is 2.97. The van der Waals surface area contributed by atoms with Crippen LogP contribution in [0.4, 0.5) is 0 Å². The summed E-state index contributed by atoms with van der Waals surface area (Å²) in [5, 5.41) is 33.9. The van der Waals surface area contributed by atoms with Gasteiger partial charge in [-0.3, -0.25) is 9.59 Å². The Balaban J connectivity index is 1.27. The molecule has 0 spiro atoms. The second-order valence-electron chi connectivity index (χ2n) is 13.1. The maximum absolute atomic E-state index is 12.4. The highest BCUT2D eigenvalue weighted by atomic mass is 16.7. The Hall–Kier alpha value is -1.51. The van der Waals surface area contributed by atoms with E-state index in [1.165, 1.54) is 0 Å². The molecule has 5 aliphatic rings. The molecule has 5 fully saturated rings. The molecular formula is C28H43NO7. The number of nitrogens with zero attached hydrogens (tertiary/aromatic N) is 1. The van der Waals surface area contributed by atoms with Gasteiger partial charge in [-0.15, -0.1) is 5.06 Å². The zero-order chi connectivity index (χ0) is 26.0. The molecule has 1 aliphatic heterocycles. The van der Waals surface area contributed by atoms with Gasteiger partial charge in [0, 0.05) is 19.3 Å². The van der Waals surface area contributed by atoms with Gasteiger partial charge in [0.2, 0.25) is 0 Å². The Bertz CT molecular complexity index is 892. The first-order valence-electron chi connectivity index (χ1n) is 14.1. The van der Waals surface area contributed by atoms with Crippen LogP contribution in [0.1, 0.15) is 91.4 Å². The highest BCUT2D eigenvalue weighted by Crippen LogP contribution is 2.68. The number of hydrogen-bond donors (Lipinski definition) is 3. The zero-order valence-corrected chi connectivity index (χ0v) is 21.9. The van der Waals surface area contributed by atoms with Crippen molar-refractivity contribution in [1.82, 2.24) is 5.06 Å². The normalized spacial score (nSPS) is 47.2. The molecule has 1 heterocycles. The van der Waals surface area contributed by atoms with Crippen molar-refractivity contribution in [2.75, 3.05) is 0 Å². The summed E-state index contributed by atoms with van der Waals surface area (Å²) < 4.78 is 0. The third-order valence-electron chi connectivity index (χ3n) is 11.5. The lowest BCUT2D eigenvalue weighted by molar-refractivity contribution is -0.207. The second kappa shape index (κ2) is 9.35. The quantitative estimate of drug-likeness (QED) is 0.491. The Kier molecular flexibility index (Phi) is 6.78. The van der Waals surface area contributed by atoms with E-state index in [2.05, 4.69) is 20.8 Å². The van der Waals surface area contributed by atoms with Crippen LogP contribution in [0.25, 0.3) is 0 Å². The minimum Gasteiger partial charge on any atom is -0.393 e. The van der Waals surface area contributed by atoms with Crippen molar-refractivity contribution in [2.45, 2.75) is 110 Å². The molecule has 8 nitrogen and oxygen atoms in total. The molecule has 202 valence electrons. The topological polar surface area (TPSA) is 124 Å². The molecule has 2 amide bonds. The molecule has 0 aromatic carbocycles. The fraction of sp³-hybridized carbons (Fsp3) is 0.893. The molecule has 0 bridgehead atoms. The monoisotopic (exact) mass is 505 g/mol. The lowest BCUT2D eigenvalue weighted by Crippen LogP contribution is -2.62. The first-order valence-corrected chi connectivity index (χ1v) is 14.1. The molecule has 11 atom stereocenters. The number of carbonyl (C=O) groups excluding carboxylic acids is 3. The summed E-state index contributed by atoms with van der Waals surface area (Å²) in [6.45, 7) is 6.64. The van der Waals surface area contributed by atoms with E-state index in [9.17, 15) is 29.7 Å². The molecular weight excluding hydrogens is 462 g/mol. The zero-order valence-electron chi connectivity index (χ0n) is 21.9. The number of carbonyl (C=O) groups is 3. The van der Waals surface area contributed by atoms with Crippen molar-refractivity contribution in [3.05, 3.63) is 0 Å². The molecule has 1 saturated heterocycles. The van der Waals surface area contributed by atoms with Crippen LogP contribution in [0, 0.1) is 46.3 Å². The van der Waals surface area contributed by atoms with Gasteiger partial charge in [0.25, 0.3) is 11.8 Å². The predicted molar refractivity (Wildman–Crippen MR) is 130 cm³/mol. The highest BCUT2D eigenvalue weighted by Gasteiger charge is 2.65. The first kappa shape index (κ1) is 26.1. The summed E-state index contributed by atoms with van der Waals surface area (Å²) in [4.78, 5) is 40.9. The van der Waals surface area contributed by atoms with Crippen molar-refractivity contribution in [1.29, 1.82) is 0 Å². The van der Waals surface area contributed by atoms with E-state index in [0.29, 0.717) is 23.8 Å². The summed E-state index contributed by atoms with van der Waals surface area (Å²) in [5.41, 5.74) is -0.285. The Morgan fingerprint density at radius 1 is 1.03 bits per heavy atom. The maximum atomic E-state index is 12.4. The van der Waals surface area contributed by atoms with Crippen molar-refractivity contribution in [2.24, 2.45) is 46.3 Å². The van der Waals surface area contributed by atoms with E-state index in [0.717, 1.165) is 38.5 Å². The molecule has 4 saturated carbocycles. The second-order valence-corrected chi connectivity index (χ2v) is 13.1. The number of hydroxylamine groups is 2. The number of aliphatic hydroxyl groups excluding tert-OH is 3. The van der Waals surface area contributed by atoms with Crippen molar-refractivity contribution >= 4 is 17.8 Å². The Labute approximate surface area is 213 Å². The summed E-state index contributed by atoms with van der Waals surface area (Å²) in [6, 6.07) is 0. The smallest absolute Gasteiger partial charge is 0.333 e. The van der Waals surface area contributed by atoms with Crippen LogP contribution in [-0.2, 0) is 19.2 Å². The van der Waals surface area contributed by atoms with Gasteiger partial charge >= 0.3 is 5.97 Å². The van der Waals surface area contributed by atoms with Gasteiger partial charge in [0.05, 0.1) is 18.3 Å². The standard InChI is InChI=1S/C28H43NO7/c1-15(4-9-25(35)36-29-23(33)7-8-24(29)34)18-5-6-19-26-20(14-22(32)28(18,19)3)27(2)11-10-17(30)12-16(27)13-21(26)31/h15-22,26,30-32H,4-14H2,1-3H3/t15-,16+,17-,18?,19+,20?,21+,22-,26-,27?,28?/m1/s1. The maximum Gasteiger partial charge on any atom is 0.333 e. The number of fused-ring (bicyclic) bond motifs is 5. The molecule has 0 aromatic heterocycles. The fourth-order valence-corrected chi connectivity index (χ4v) is 9.48. The van der Waals surface area contributed by atoms with Crippen LogP contribution < -0.4 is 0 Å². The van der Waals surface area contributed by atoms with E-state index in [-0.39, 0.29) is 65.8 Å². The van der Waals surface area contributed by atoms with Gasteiger partial charge in [-0.25, -0.2) is 4.79 Å². The van der Waals surface area contributed by atoms with Crippen molar-refractivity contribution in [3.8, 4) is 0 Å². The molecule has 3 N–H and O–H groups in total. The third kappa shape index (κ3) is 4.02. The van der Waals surface area contributed by atoms with Gasteiger partial charge in [-0.05, 0) is 97.7 Å². The number of aliphatic hydroxyl groups is 3. The largest absolute Gasteiger partial charge is 0.393 e. The number of hydrogen-bond acceptors (Lipinski definition) is 7. The van der Waals surface area contributed by atoms with Crippen LogP contribution in [0.5, 0.6) is 0 Å². The van der Waals surface area contributed by atoms with Crippen LogP contribution >= 0.6 is 0 Å². The minimum absolute atomic E-state index is 0.0450. The van der Waals surface area contributed by atoms with E-state index in [4.69, 9.17) is 4.84 Å². The van der Waals surface area contributed by atoms with Crippen molar-refractivity contribution < 1.29 is 34.5 Å². The summed E-state index contributed by atoms with van der Waals surface area (Å²) in [5.74, 6) is -0.213. The third-order valence-corrected chi connectivity index (χ3v) is 11.5. The average Bonchev–Trinajstić information content (AvgIpc) is 3.34. The molecule has 0 radical (unpaired) electrons. The fourth-order valence-electron chi connectivity index (χ4n) is 9.48. The van der Waals surface area contributed by atoms with Crippen molar-refractivity contribution in [3.63, 3.8) is 0 Å². The van der Waals surface area contributed by atoms with Crippen LogP contribution in [-0.4, -0.2) is 56.5 Å². The van der Waals surface area contributed by atoms with Crippen LogP contribution in [0.15, 0.2) is 0 Å². The molecule has 5 rings (SSSR count). The average molecular weight is 506 g/mol. The SMILES string of the molecule is C[C@H](CCC(=O)ON1C(=O)CCC1=O)C1CC[C@H]2[C@@H]3C(C[C@@H](O)C12C)C1(C)CC[C@@H](O)C[C@H]1C[C@@H]3O. The number of rotatable bonds is 5. The Morgan fingerprint density at radius 2 is 1.72 bits per heavy atom. The number of imide groups is 1. The lowest BCUT2D eigenvalue weighted by Gasteiger charge is -2.63. The van der Waals surface area contributed by atoms with Gasteiger partial charge in [-0.1, -0.05) is 20.8 Å². The van der Waals surface area contributed by atoms with E-state index < -0.39 is 30.0 Å². The van der Waals surface area contributed by atoms with Gasteiger partial charge in [0.1, 0.15) is 0 Å². The van der Waals surface area contributed by atoms with Crippen LogP contribution in [0.2, 0.25) is 0 Å². The molecule has 4 unspecified atom stereocenters. The summed E-state index contributed by atoms with van der Waals surface area (Å²) in [7, 11) is 0. The first-order chi connectivity index (χ1) is 17.0. The summed E-state index contributed by atoms with van der Waals surface area (Å²) >= 11 is 0. The van der Waals surface area contributed by atoms with Gasteiger partial charge < -0.3 is 20.2 Å². The molecule has 4 aliphatic carbocycles. The van der Waals surface area contributed by atoms with Gasteiger partial charge in [-0.2, -0.15) is 0 Å². The molecule has 0 aromatic rings. The minimum atomic E-state index is -0.574. The molecule has 8 heteroatoms. The Morgan fingerprint density at radius 3 is 2.42 bits per heavy atom. The van der Waals surface area contributed by atoms with E-state index in [1.807, 2.05) is 0 Å². The molecule has 36 heavy (non-hydrogen) atoms. The number of amides is 2. The van der Waals surface area contributed by atoms with Crippen LogP contribution in [0.3, 0.4) is 0 Å². The summed E-state index contributed by atoms with van der Waals surface area (Å²) in [6.07, 6.45) is 5.50. The van der Waals surface area contributed by atoms with E-state index in [1.54, 1.807) is 0 Å². The van der Waals surface area contributed by atoms with Gasteiger partial charge in [0.15, 0.2) is 0 Å². The lowest BCUT2D eigenvalue weighted by atomic mass is 9.43. The van der Waals surface area contributed by atoms with E-state index >= 15 is 0 Å². The highest BCUT2D eigenvalue weighted by molar-refractivity contribution is 6.01.